The molecule has 12 heavy (non-hydrogen) atoms. The van der Waals surface area contributed by atoms with Crippen molar-refractivity contribution < 1.29 is 27.0 Å². The molecule has 0 saturated carbocycles. The number of benzene rings is 1. The number of hydrogen-bond donors (Lipinski definition) is 0. The van der Waals surface area contributed by atoms with Crippen LogP contribution < -0.4 is 5.11 Å². The second-order valence-electron chi connectivity index (χ2n) is 2.36. The van der Waals surface area contributed by atoms with Crippen molar-refractivity contribution in [3.63, 3.8) is 0 Å². The molecule has 0 aliphatic carbocycles. The van der Waals surface area contributed by atoms with Crippen molar-refractivity contribution in [3.05, 3.63) is 35.9 Å². The molecule has 0 amide bonds. The van der Waals surface area contributed by atoms with Crippen molar-refractivity contribution in [2.75, 3.05) is 0 Å². The van der Waals surface area contributed by atoms with Gasteiger partial charge in [0.15, 0.2) is 0 Å². The number of carbonyl (C=O) groups excluding carboxylic acids is 1. The molecule has 3 heteroatoms. The fourth-order valence-corrected chi connectivity index (χ4v) is 0.891. The number of hydrogen-bond acceptors (Lipinski definition) is 2. The Hall–Kier alpha value is -0.791. The van der Waals surface area contributed by atoms with Crippen LogP contribution in [-0.2, 0) is 28.3 Å². The summed E-state index contributed by atoms with van der Waals surface area (Å²) in [5.41, 5.74) is 1.04. The summed E-state index contributed by atoms with van der Waals surface area (Å²) >= 11 is 0. The minimum Gasteiger partial charge on any atom is -0.550 e. The van der Waals surface area contributed by atoms with Gasteiger partial charge in [-0.25, -0.2) is 0 Å². The standard InChI is InChI=1S/C9H10O2.Cu/c10-9(11)7-6-8-4-2-1-3-5-8;/h1-5H,6-7H2,(H,10,11);/q;+1/p-1. The second kappa shape index (κ2) is 5.81. The van der Waals surface area contributed by atoms with Crippen LogP contribution in [0.15, 0.2) is 30.3 Å². The quantitative estimate of drug-likeness (QED) is 0.680. The van der Waals surface area contributed by atoms with Gasteiger partial charge in [0.25, 0.3) is 0 Å². The van der Waals surface area contributed by atoms with Crippen LogP contribution in [0.25, 0.3) is 0 Å². The Balaban J connectivity index is 0.00000121. The van der Waals surface area contributed by atoms with Crippen molar-refractivity contribution in [1.29, 1.82) is 0 Å². The van der Waals surface area contributed by atoms with Gasteiger partial charge >= 0.3 is 17.1 Å². The fourth-order valence-electron chi connectivity index (χ4n) is 0.891. The van der Waals surface area contributed by atoms with Gasteiger partial charge in [-0.05, 0) is 18.4 Å². The molecule has 1 rings (SSSR count). The van der Waals surface area contributed by atoms with E-state index in [4.69, 9.17) is 0 Å². The number of carbonyl (C=O) groups is 1. The van der Waals surface area contributed by atoms with Gasteiger partial charge in [0.05, 0.1) is 0 Å². The van der Waals surface area contributed by atoms with Crippen LogP contribution in [0.3, 0.4) is 0 Å². The zero-order valence-electron chi connectivity index (χ0n) is 6.42. The van der Waals surface area contributed by atoms with Crippen LogP contribution in [0.2, 0.25) is 0 Å². The van der Waals surface area contributed by atoms with E-state index in [1.54, 1.807) is 0 Å². The van der Waals surface area contributed by atoms with Gasteiger partial charge < -0.3 is 9.90 Å². The van der Waals surface area contributed by atoms with Crippen LogP contribution in [0, 0.1) is 0 Å². The van der Waals surface area contributed by atoms with Crippen LogP contribution in [-0.4, -0.2) is 5.97 Å². The van der Waals surface area contributed by atoms with E-state index in [1.165, 1.54) is 0 Å². The van der Waals surface area contributed by atoms with Gasteiger partial charge in [0, 0.05) is 5.97 Å². The maximum atomic E-state index is 10.1. The zero-order valence-corrected chi connectivity index (χ0v) is 7.36. The Morgan fingerprint density at radius 1 is 1.25 bits per heavy atom. The molecular formula is C9H9CuO2. The van der Waals surface area contributed by atoms with Crippen molar-refractivity contribution in [3.8, 4) is 0 Å². The first kappa shape index (κ1) is 11.2. The monoisotopic (exact) mass is 212 g/mol. The van der Waals surface area contributed by atoms with E-state index in [0.29, 0.717) is 6.42 Å². The van der Waals surface area contributed by atoms with E-state index in [9.17, 15) is 9.90 Å². The Kier molecular flexibility index (Phi) is 5.43. The molecule has 0 aliphatic rings. The third kappa shape index (κ3) is 4.16. The first-order valence-corrected chi connectivity index (χ1v) is 3.53. The summed E-state index contributed by atoms with van der Waals surface area (Å²) in [5.74, 6) is -0.992. The normalized spacial score (nSPS) is 8.67. The molecule has 0 N–H and O–H groups in total. The molecular weight excluding hydrogens is 204 g/mol. The predicted molar refractivity (Wildman–Crippen MR) is 39.8 cm³/mol. The Bertz CT molecular complexity index is 234. The molecule has 1 aromatic carbocycles. The molecule has 0 bridgehead atoms. The van der Waals surface area contributed by atoms with Crippen LogP contribution in [0.4, 0.5) is 0 Å². The molecule has 0 aliphatic heterocycles. The third-order valence-corrected chi connectivity index (χ3v) is 1.46. The first-order chi connectivity index (χ1) is 5.29. The molecule has 1 aromatic rings. The van der Waals surface area contributed by atoms with Gasteiger partial charge in [-0.3, -0.25) is 0 Å². The number of aliphatic carboxylic acids is 1. The van der Waals surface area contributed by atoms with Crippen molar-refractivity contribution in [2.45, 2.75) is 12.8 Å². The summed E-state index contributed by atoms with van der Waals surface area (Å²) in [7, 11) is 0. The maximum Gasteiger partial charge on any atom is 1.00 e. The molecule has 0 aromatic heterocycles. The van der Waals surface area contributed by atoms with Gasteiger partial charge in [-0.1, -0.05) is 30.3 Å². The molecule has 0 spiro atoms. The summed E-state index contributed by atoms with van der Waals surface area (Å²) in [6.07, 6.45) is 0.660. The van der Waals surface area contributed by atoms with E-state index in [1.807, 2.05) is 30.3 Å². The average molecular weight is 213 g/mol. The summed E-state index contributed by atoms with van der Waals surface area (Å²) < 4.78 is 0. The molecule has 0 fully saturated rings. The number of carboxylic acid groups (broad SMARTS) is 1. The van der Waals surface area contributed by atoms with Crippen molar-refractivity contribution in [1.82, 2.24) is 0 Å². The topological polar surface area (TPSA) is 40.1 Å². The summed E-state index contributed by atoms with van der Waals surface area (Å²) in [6, 6.07) is 9.50. The van der Waals surface area contributed by atoms with Gasteiger partial charge in [-0.15, -0.1) is 0 Å². The fraction of sp³-hybridized carbons (Fsp3) is 0.222. The Morgan fingerprint density at radius 2 is 1.83 bits per heavy atom. The molecule has 2 nitrogen and oxygen atoms in total. The molecule has 0 heterocycles. The van der Waals surface area contributed by atoms with Crippen molar-refractivity contribution >= 4 is 5.97 Å². The van der Waals surface area contributed by atoms with Gasteiger partial charge in [-0.2, -0.15) is 0 Å². The number of aryl methyl sites for hydroxylation is 1. The number of rotatable bonds is 3. The minimum atomic E-state index is -0.992. The van der Waals surface area contributed by atoms with Crippen molar-refractivity contribution in [2.24, 2.45) is 0 Å². The van der Waals surface area contributed by atoms with E-state index in [0.717, 1.165) is 5.56 Å². The summed E-state index contributed by atoms with van der Waals surface area (Å²) in [6.45, 7) is 0. The first-order valence-electron chi connectivity index (χ1n) is 3.53. The van der Waals surface area contributed by atoms with E-state index < -0.39 is 5.97 Å². The zero-order chi connectivity index (χ0) is 8.10. The van der Waals surface area contributed by atoms with E-state index in [-0.39, 0.29) is 23.5 Å². The summed E-state index contributed by atoms with van der Waals surface area (Å²) in [4.78, 5) is 10.1. The van der Waals surface area contributed by atoms with Crippen LogP contribution in [0.5, 0.6) is 0 Å². The Labute approximate surface area is 82.1 Å². The second-order valence-corrected chi connectivity index (χ2v) is 2.36. The largest absolute Gasteiger partial charge is 1.00 e. The molecule has 0 radical (unpaired) electrons. The van der Waals surface area contributed by atoms with Gasteiger partial charge in [0.1, 0.15) is 0 Å². The SMILES string of the molecule is O=C([O-])CCc1ccccc1.[Cu+]. The minimum absolute atomic E-state index is 0. The van der Waals surface area contributed by atoms with Crippen LogP contribution >= 0.6 is 0 Å². The smallest absolute Gasteiger partial charge is 0.550 e. The van der Waals surface area contributed by atoms with Crippen LogP contribution in [0.1, 0.15) is 12.0 Å². The number of carboxylic acids is 1. The Morgan fingerprint density at radius 3 is 2.33 bits per heavy atom. The third-order valence-electron chi connectivity index (χ3n) is 1.46. The average Bonchev–Trinajstić information content (AvgIpc) is 2.03. The summed E-state index contributed by atoms with van der Waals surface area (Å²) in [5, 5.41) is 10.1. The molecule has 0 atom stereocenters. The van der Waals surface area contributed by atoms with E-state index in [2.05, 4.69) is 0 Å². The molecule has 68 valence electrons. The van der Waals surface area contributed by atoms with E-state index >= 15 is 0 Å². The molecule has 0 saturated heterocycles. The maximum absolute atomic E-state index is 10.1. The molecule has 0 unspecified atom stereocenters. The van der Waals surface area contributed by atoms with Gasteiger partial charge in [0.2, 0.25) is 0 Å². The predicted octanol–water partition coefficient (Wildman–Crippen LogP) is 0.367.